The molecule has 0 radical (unpaired) electrons. The second kappa shape index (κ2) is 2.89. The molecule has 4 nitrogen and oxygen atoms in total. The fraction of sp³-hybridized carbons (Fsp3) is 0. The number of fused-ring (bicyclic) bond motifs is 1. The van der Waals surface area contributed by atoms with Crippen LogP contribution in [0.25, 0.3) is 10.9 Å². The first-order chi connectivity index (χ1) is 6.74. The van der Waals surface area contributed by atoms with E-state index in [0.29, 0.717) is 11.1 Å². The Labute approximate surface area is 79.6 Å². The molecule has 2 aromatic rings. The van der Waals surface area contributed by atoms with E-state index in [4.69, 9.17) is 10.4 Å². The number of nitriles is 1. The first-order valence-corrected chi connectivity index (χ1v) is 3.97. The monoisotopic (exact) mass is 186 g/mol. The Bertz CT molecular complexity index is 549. The minimum Gasteiger partial charge on any atom is -0.464 e. The maximum absolute atomic E-state index is 10.8. The van der Waals surface area contributed by atoms with Crippen LogP contribution in [0.3, 0.4) is 0 Å². The lowest BCUT2D eigenvalue weighted by Gasteiger charge is -1.98. The van der Waals surface area contributed by atoms with Crippen LogP contribution in [0, 0.1) is 11.3 Å². The summed E-state index contributed by atoms with van der Waals surface area (Å²) in [6.45, 7) is 0. The molecule has 1 aromatic heterocycles. The Kier molecular flexibility index (Phi) is 1.72. The predicted octanol–water partition coefficient (Wildman–Crippen LogP) is 2.04. The van der Waals surface area contributed by atoms with Gasteiger partial charge in [-0.3, -0.25) is 4.57 Å². The smallest absolute Gasteiger partial charge is 0.416 e. The highest BCUT2D eigenvalue weighted by Gasteiger charge is 2.09. The summed E-state index contributed by atoms with van der Waals surface area (Å²) in [6, 6.07) is 8.74. The minimum atomic E-state index is -1.08. The minimum absolute atomic E-state index is 0.370. The Morgan fingerprint density at radius 2 is 2.21 bits per heavy atom. The number of rotatable bonds is 0. The molecule has 14 heavy (non-hydrogen) atoms. The number of benzene rings is 1. The van der Waals surface area contributed by atoms with Crippen molar-refractivity contribution < 1.29 is 9.90 Å². The van der Waals surface area contributed by atoms with Crippen molar-refractivity contribution in [2.75, 3.05) is 0 Å². The third-order valence-corrected chi connectivity index (χ3v) is 2.04. The summed E-state index contributed by atoms with van der Waals surface area (Å²) in [5.41, 5.74) is 0.817. The number of carbonyl (C=O) groups is 1. The lowest BCUT2D eigenvalue weighted by molar-refractivity contribution is 0.197. The summed E-state index contributed by atoms with van der Waals surface area (Å²) in [4.78, 5) is 10.8. The summed E-state index contributed by atoms with van der Waals surface area (Å²) in [5.74, 6) is 0. The number of hydrogen-bond donors (Lipinski definition) is 1. The van der Waals surface area contributed by atoms with Gasteiger partial charge >= 0.3 is 6.09 Å². The van der Waals surface area contributed by atoms with Crippen LogP contribution in [0.2, 0.25) is 0 Å². The van der Waals surface area contributed by atoms with E-state index in [0.717, 1.165) is 9.95 Å². The lowest BCUT2D eigenvalue weighted by atomic mass is 10.1. The molecule has 0 saturated heterocycles. The van der Waals surface area contributed by atoms with Crippen LogP contribution in [0.4, 0.5) is 4.79 Å². The molecule has 2 rings (SSSR count). The third kappa shape index (κ3) is 1.04. The van der Waals surface area contributed by atoms with Crippen LogP contribution in [0.15, 0.2) is 30.5 Å². The van der Waals surface area contributed by atoms with E-state index in [1.165, 1.54) is 6.20 Å². The van der Waals surface area contributed by atoms with Gasteiger partial charge in [-0.2, -0.15) is 5.26 Å². The Balaban J connectivity index is 2.89. The van der Waals surface area contributed by atoms with Crippen LogP contribution in [-0.4, -0.2) is 15.8 Å². The van der Waals surface area contributed by atoms with Gasteiger partial charge in [0, 0.05) is 11.6 Å². The summed E-state index contributed by atoms with van der Waals surface area (Å²) >= 11 is 0. The van der Waals surface area contributed by atoms with Crippen molar-refractivity contribution in [3.8, 4) is 6.07 Å². The number of carboxylic acid groups (broad SMARTS) is 1. The van der Waals surface area contributed by atoms with Crippen molar-refractivity contribution in [2.24, 2.45) is 0 Å². The van der Waals surface area contributed by atoms with Gasteiger partial charge in [-0.25, -0.2) is 4.79 Å². The van der Waals surface area contributed by atoms with Gasteiger partial charge in [0.2, 0.25) is 0 Å². The second-order valence-electron chi connectivity index (χ2n) is 2.82. The zero-order chi connectivity index (χ0) is 10.1. The van der Waals surface area contributed by atoms with Crippen molar-refractivity contribution in [3.05, 3.63) is 36.0 Å². The van der Waals surface area contributed by atoms with Crippen molar-refractivity contribution >= 4 is 17.0 Å². The molecule has 0 spiro atoms. The lowest BCUT2D eigenvalue weighted by Crippen LogP contribution is -2.06. The number of para-hydroxylation sites is 1. The molecule has 0 unspecified atom stereocenters. The van der Waals surface area contributed by atoms with E-state index in [9.17, 15) is 4.79 Å². The molecule has 0 atom stereocenters. The molecule has 4 heteroatoms. The van der Waals surface area contributed by atoms with Gasteiger partial charge < -0.3 is 5.11 Å². The molecule has 0 aliphatic rings. The van der Waals surface area contributed by atoms with Gasteiger partial charge in [-0.15, -0.1) is 0 Å². The third-order valence-electron chi connectivity index (χ3n) is 2.04. The molecular formula is C10H6N2O2. The topological polar surface area (TPSA) is 66.0 Å². The normalized spacial score (nSPS) is 9.93. The molecule has 0 fully saturated rings. The molecule has 68 valence electrons. The molecule has 0 aliphatic carbocycles. The second-order valence-corrected chi connectivity index (χ2v) is 2.82. The largest absolute Gasteiger partial charge is 0.464 e. The van der Waals surface area contributed by atoms with Crippen molar-refractivity contribution in [3.63, 3.8) is 0 Å². The number of aromatic nitrogens is 1. The molecule has 0 aliphatic heterocycles. The van der Waals surface area contributed by atoms with Crippen LogP contribution >= 0.6 is 0 Å². The zero-order valence-electron chi connectivity index (χ0n) is 7.14. The van der Waals surface area contributed by atoms with Gasteiger partial charge in [0.15, 0.2) is 0 Å². The van der Waals surface area contributed by atoms with Crippen molar-refractivity contribution in [2.45, 2.75) is 0 Å². The van der Waals surface area contributed by atoms with E-state index in [1.54, 1.807) is 24.3 Å². The molecule has 0 amide bonds. The number of hydrogen-bond acceptors (Lipinski definition) is 2. The molecule has 1 heterocycles. The molecular weight excluding hydrogens is 180 g/mol. The Hall–Kier alpha value is -2.28. The molecule has 1 N–H and O–H groups in total. The maximum atomic E-state index is 10.8. The van der Waals surface area contributed by atoms with E-state index < -0.39 is 6.09 Å². The SMILES string of the molecule is N#Cc1cccc2ccn(C(=O)O)c12. The quantitative estimate of drug-likeness (QED) is 0.684. The average molecular weight is 186 g/mol. The molecule has 0 bridgehead atoms. The van der Waals surface area contributed by atoms with E-state index in [2.05, 4.69) is 0 Å². The maximum Gasteiger partial charge on any atom is 0.416 e. The number of nitrogens with zero attached hydrogens (tertiary/aromatic N) is 2. The van der Waals surface area contributed by atoms with E-state index in [-0.39, 0.29) is 0 Å². The van der Waals surface area contributed by atoms with Gasteiger partial charge in [0.1, 0.15) is 6.07 Å². The van der Waals surface area contributed by atoms with Crippen LogP contribution < -0.4 is 0 Å². The van der Waals surface area contributed by atoms with Gasteiger partial charge in [0.05, 0.1) is 11.1 Å². The van der Waals surface area contributed by atoms with Crippen LogP contribution in [-0.2, 0) is 0 Å². The highest BCUT2D eigenvalue weighted by molar-refractivity contribution is 5.92. The predicted molar refractivity (Wildman–Crippen MR) is 50.1 cm³/mol. The van der Waals surface area contributed by atoms with Crippen molar-refractivity contribution in [1.29, 1.82) is 5.26 Å². The summed E-state index contributed by atoms with van der Waals surface area (Å²) in [7, 11) is 0. The van der Waals surface area contributed by atoms with E-state index in [1.807, 2.05) is 6.07 Å². The van der Waals surface area contributed by atoms with Crippen LogP contribution in [0.1, 0.15) is 5.56 Å². The van der Waals surface area contributed by atoms with Gasteiger partial charge in [0.25, 0.3) is 0 Å². The fourth-order valence-electron chi connectivity index (χ4n) is 1.44. The zero-order valence-corrected chi connectivity index (χ0v) is 7.14. The first-order valence-electron chi connectivity index (χ1n) is 3.97. The van der Waals surface area contributed by atoms with Gasteiger partial charge in [-0.05, 0) is 12.1 Å². The summed E-state index contributed by atoms with van der Waals surface area (Å²) < 4.78 is 1.05. The highest BCUT2D eigenvalue weighted by atomic mass is 16.4. The fourth-order valence-corrected chi connectivity index (χ4v) is 1.44. The summed E-state index contributed by atoms with van der Waals surface area (Å²) in [5, 5.41) is 18.4. The Morgan fingerprint density at radius 1 is 1.43 bits per heavy atom. The molecule has 1 aromatic carbocycles. The van der Waals surface area contributed by atoms with Crippen LogP contribution in [0.5, 0.6) is 0 Å². The Morgan fingerprint density at radius 3 is 2.86 bits per heavy atom. The summed E-state index contributed by atoms with van der Waals surface area (Å²) in [6.07, 6.45) is 0.358. The van der Waals surface area contributed by atoms with E-state index >= 15 is 0 Å². The highest BCUT2D eigenvalue weighted by Crippen LogP contribution is 2.19. The average Bonchev–Trinajstić information content (AvgIpc) is 2.60. The van der Waals surface area contributed by atoms with Gasteiger partial charge in [-0.1, -0.05) is 12.1 Å². The van der Waals surface area contributed by atoms with Crippen molar-refractivity contribution in [1.82, 2.24) is 4.57 Å². The molecule has 0 saturated carbocycles. The first kappa shape index (κ1) is 8.32. The standard InChI is InChI=1S/C10H6N2O2/c11-6-8-3-1-2-7-4-5-12(9(7)8)10(13)14/h1-5H,(H,13,14).